The van der Waals surface area contributed by atoms with Gasteiger partial charge in [0.1, 0.15) is 0 Å². The Hall–Kier alpha value is -0.930. The van der Waals surface area contributed by atoms with E-state index in [9.17, 15) is 0 Å². The van der Waals surface area contributed by atoms with Crippen molar-refractivity contribution in [2.45, 2.75) is 38.3 Å². The molecule has 1 saturated heterocycles. The summed E-state index contributed by atoms with van der Waals surface area (Å²) in [5.41, 5.74) is 1.12. The van der Waals surface area contributed by atoms with Crippen molar-refractivity contribution in [2.24, 2.45) is 0 Å². The standard InChI is InChI=1S/C13H20N2O/c1-11(13-6-2-3-8-14-13)15-12-5-4-9-16-10-7-12/h2-3,6,8,11-12,15H,4-5,7,9-10H2,1H3. The van der Waals surface area contributed by atoms with Crippen LogP contribution < -0.4 is 5.32 Å². The van der Waals surface area contributed by atoms with Gasteiger partial charge >= 0.3 is 0 Å². The van der Waals surface area contributed by atoms with Crippen LogP contribution in [-0.4, -0.2) is 24.2 Å². The van der Waals surface area contributed by atoms with Crippen LogP contribution in [0.25, 0.3) is 0 Å². The van der Waals surface area contributed by atoms with Gasteiger partial charge in [0.15, 0.2) is 0 Å². The summed E-state index contributed by atoms with van der Waals surface area (Å²) in [7, 11) is 0. The van der Waals surface area contributed by atoms with Gasteiger partial charge in [-0.25, -0.2) is 0 Å². The van der Waals surface area contributed by atoms with E-state index in [4.69, 9.17) is 4.74 Å². The predicted octanol–water partition coefficient (Wildman–Crippen LogP) is 2.30. The number of hydrogen-bond donors (Lipinski definition) is 1. The smallest absolute Gasteiger partial charge is 0.0570 e. The van der Waals surface area contributed by atoms with Gasteiger partial charge in [-0.05, 0) is 38.3 Å². The first-order valence-electron chi connectivity index (χ1n) is 6.11. The highest BCUT2D eigenvalue weighted by Crippen LogP contribution is 2.14. The van der Waals surface area contributed by atoms with Gasteiger partial charge in [0.2, 0.25) is 0 Å². The molecule has 16 heavy (non-hydrogen) atoms. The topological polar surface area (TPSA) is 34.1 Å². The molecule has 0 aliphatic carbocycles. The Balaban J connectivity index is 1.88. The van der Waals surface area contributed by atoms with Crippen LogP contribution in [0.5, 0.6) is 0 Å². The van der Waals surface area contributed by atoms with Crippen LogP contribution in [0.3, 0.4) is 0 Å². The van der Waals surface area contributed by atoms with Crippen molar-refractivity contribution in [1.29, 1.82) is 0 Å². The fourth-order valence-corrected chi connectivity index (χ4v) is 2.14. The molecule has 1 aromatic rings. The summed E-state index contributed by atoms with van der Waals surface area (Å²) in [5.74, 6) is 0. The first kappa shape index (κ1) is 11.6. The van der Waals surface area contributed by atoms with Crippen molar-refractivity contribution >= 4 is 0 Å². The molecule has 0 bridgehead atoms. The number of ether oxygens (including phenoxy) is 1. The lowest BCUT2D eigenvalue weighted by molar-refractivity contribution is 0.142. The predicted molar refractivity (Wildman–Crippen MR) is 64.2 cm³/mol. The minimum absolute atomic E-state index is 0.323. The zero-order valence-electron chi connectivity index (χ0n) is 9.86. The SMILES string of the molecule is CC(NC1CCCOCC1)c1ccccn1. The van der Waals surface area contributed by atoms with Crippen molar-refractivity contribution in [3.8, 4) is 0 Å². The van der Waals surface area contributed by atoms with Gasteiger partial charge in [0, 0.05) is 31.5 Å². The maximum Gasteiger partial charge on any atom is 0.0570 e. The molecule has 1 aromatic heterocycles. The van der Waals surface area contributed by atoms with E-state index in [1.807, 2.05) is 18.3 Å². The van der Waals surface area contributed by atoms with Crippen LogP contribution in [0.2, 0.25) is 0 Å². The molecule has 1 aliphatic rings. The van der Waals surface area contributed by atoms with Gasteiger partial charge in [0.05, 0.1) is 5.69 Å². The second-order valence-electron chi connectivity index (χ2n) is 4.38. The van der Waals surface area contributed by atoms with Gasteiger partial charge in [-0.15, -0.1) is 0 Å². The lowest BCUT2D eigenvalue weighted by atomic mass is 10.1. The summed E-state index contributed by atoms with van der Waals surface area (Å²) in [4.78, 5) is 4.37. The maximum atomic E-state index is 5.46. The number of hydrogen-bond acceptors (Lipinski definition) is 3. The third kappa shape index (κ3) is 3.29. The van der Waals surface area contributed by atoms with E-state index in [1.54, 1.807) is 0 Å². The summed E-state index contributed by atoms with van der Waals surface area (Å²) < 4.78 is 5.46. The molecule has 1 N–H and O–H groups in total. The highest BCUT2D eigenvalue weighted by atomic mass is 16.5. The summed E-state index contributed by atoms with van der Waals surface area (Å²) in [5, 5.41) is 3.63. The van der Waals surface area contributed by atoms with Gasteiger partial charge in [-0.1, -0.05) is 6.07 Å². The molecule has 0 spiro atoms. The molecule has 3 nitrogen and oxygen atoms in total. The van der Waals surface area contributed by atoms with Crippen LogP contribution in [0.1, 0.15) is 37.9 Å². The molecule has 0 radical (unpaired) electrons. The molecule has 2 rings (SSSR count). The summed E-state index contributed by atoms with van der Waals surface area (Å²) >= 11 is 0. The number of nitrogens with one attached hydrogen (secondary N) is 1. The monoisotopic (exact) mass is 220 g/mol. The Morgan fingerprint density at radius 2 is 2.31 bits per heavy atom. The Morgan fingerprint density at radius 1 is 1.38 bits per heavy atom. The minimum Gasteiger partial charge on any atom is -0.381 e. The average Bonchev–Trinajstić information content (AvgIpc) is 2.59. The van der Waals surface area contributed by atoms with Crippen molar-refractivity contribution in [1.82, 2.24) is 10.3 Å². The molecule has 2 atom stereocenters. The second-order valence-corrected chi connectivity index (χ2v) is 4.38. The molecule has 2 heterocycles. The molecule has 1 fully saturated rings. The van der Waals surface area contributed by atoms with Crippen molar-refractivity contribution < 1.29 is 4.74 Å². The van der Waals surface area contributed by atoms with Crippen LogP contribution in [0.15, 0.2) is 24.4 Å². The number of aromatic nitrogens is 1. The van der Waals surface area contributed by atoms with E-state index in [0.717, 1.165) is 31.7 Å². The van der Waals surface area contributed by atoms with Crippen molar-refractivity contribution in [3.05, 3.63) is 30.1 Å². The quantitative estimate of drug-likeness (QED) is 0.848. The van der Waals surface area contributed by atoms with Crippen LogP contribution >= 0.6 is 0 Å². The van der Waals surface area contributed by atoms with Crippen molar-refractivity contribution in [3.63, 3.8) is 0 Å². The van der Waals surface area contributed by atoms with E-state index < -0.39 is 0 Å². The molecule has 0 aromatic carbocycles. The molecule has 0 amide bonds. The molecular formula is C13H20N2O. The molecule has 1 aliphatic heterocycles. The van der Waals surface area contributed by atoms with Crippen LogP contribution in [0, 0.1) is 0 Å². The lowest BCUT2D eigenvalue weighted by Crippen LogP contribution is -2.32. The molecule has 3 heteroatoms. The Kier molecular flexibility index (Phi) is 4.31. The van der Waals surface area contributed by atoms with E-state index in [0.29, 0.717) is 12.1 Å². The highest BCUT2D eigenvalue weighted by Gasteiger charge is 2.15. The summed E-state index contributed by atoms with van der Waals surface area (Å²) in [6.07, 6.45) is 5.32. The number of rotatable bonds is 3. The van der Waals surface area contributed by atoms with Crippen LogP contribution in [-0.2, 0) is 4.74 Å². The fraction of sp³-hybridized carbons (Fsp3) is 0.615. The average molecular weight is 220 g/mol. The third-order valence-corrected chi connectivity index (χ3v) is 3.07. The number of nitrogens with zero attached hydrogens (tertiary/aromatic N) is 1. The zero-order valence-corrected chi connectivity index (χ0v) is 9.86. The van der Waals surface area contributed by atoms with Gasteiger partial charge in [-0.3, -0.25) is 4.98 Å². The van der Waals surface area contributed by atoms with Gasteiger partial charge in [-0.2, -0.15) is 0 Å². The minimum atomic E-state index is 0.323. The molecule has 0 saturated carbocycles. The summed E-state index contributed by atoms with van der Waals surface area (Å²) in [6.45, 7) is 3.97. The highest BCUT2D eigenvalue weighted by molar-refractivity contribution is 5.07. The van der Waals surface area contributed by atoms with Gasteiger partial charge < -0.3 is 10.1 Å². The molecule has 2 unspecified atom stereocenters. The van der Waals surface area contributed by atoms with Crippen LogP contribution in [0.4, 0.5) is 0 Å². The number of pyridine rings is 1. The van der Waals surface area contributed by atoms with E-state index in [1.165, 1.54) is 6.42 Å². The molecular weight excluding hydrogens is 200 g/mol. The summed E-state index contributed by atoms with van der Waals surface area (Å²) in [6, 6.07) is 6.96. The third-order valence-electron chi connectivity index (χ3n) is 3.07. The zero-order chi connectivity index (χ0) is 11.2. The van der Waals surface area contributed by atoms with E-state index in [2.05, 4.69) is 23.3 Å². The largest absolute Gasteiger partial charge is 0.381 e. The Morgan fingerprint density at radius 3 is 3.12 bits per heavy atom. The maximum absolute atomic E-state index is 5.46. The molecule has 88 valence electrons. The Bertz CT molecular complexity index is 294. The van der Waals surface area contributed by atoms with Crippen molar-refractivity contribution in [2.75, 3.05) is 13.2 Å². The normalized spacial score (nSPS) is 23.7. The Labute approximate surface area is 97.2 Å². The van der Waals surface area contributed by atoms with Gasteiger partial charge in [0.25, 0.3) is 0 Å². The lowest BCUT2D eigenvalue weighted by Gasteiger charge is -2.21. The second kappa shape index (κ2) is 5.97. The van der Waals surface area contributed by atoms with E-state index in [-0.39, 0.29) is 0 Å². The first-order chi connectivity index (χ1) is 7.86. The van der Waals surface area contributed by atoms with E-state index >= 15 is 0 Å². The first-order valence-corrected chi connectivity index (χ1v) is 6.11. The fourth-order valence-electron chi connectivity index (χ4n) is 2.14.